The number of methoxy groups -OCH3 is 1. The highest BCUT2D eigenvalue weighted by Crippen LogP contribution is 2.24. The van der Waals surface area contributed by atoms with E-state index in [2.05, 4.69) is 31.2 Å². The normalized spacial score (nSPS) is 12.9. The van der Waals surface area contributed by atoms with E-state index >= 15 is 0 Å². The topological polar surface area (TPSA) is 96.9 Å². The SMILES string of the molecule is COc1ccc(/C=N\NC(=O)[C@@H](NS(=O)(=O)c2ccc(C)cc2)C(C)C)cc1Br. The molecule has 0 aliphatic heterocycles. The summed E-state index contributed by atoms with van der Waals surface area (Å²) in [5.74, 6) is -0.142. The highest BCUT2D eigenvalue weighted by molar-refractivity contribution is 9.10. The summed E-state index contributed by atoms with van der Waals surface area (Å²) in [4.78, 5) is 12.6. The van der Waals surface area contributed by atoms with Gasteiger partial charge in [-0.05, 0) is 64.7 Å². The van der Waals surface area contributed by atoms with Crippen LogP contribution in [-0.4, -0.2) is 33.7 Å². The molecule has 0 aliphatic rings. The van der Waals surface area contributed by atoms with Gasteiger partial charge in [-0.15, -0.1) is 0 Å². The van der Waals surface area contributed by atoms with Crippen LogP contribution in [0.15, 0.2) is 56.9 Å². The molecule has 29 heavy (non-hydrogen) atoms. The zero-order valence-corrected chi connectivity index (χ0v) is 19.0. The van der Waals surface area contributed by atoms with Crippen LogP contribution in [0.4, 0.5) is 0 Å². The largest absolute Gasteiger partial charge is 0.496 e. The van der Waals surface area contributed by atoms with E-state index in [1.54, 1.807) is 51.3 Å². The van der Waals surface area contributed by atoms with Crippen LogP contribution >= 0.6 is 15.9 Å². The Kier molecular flexibility index (Phi) is 7.95. The molecule has 1 amide bonds. The van der Waals surface area contributed by atoms with Gasteiger partial charge in [0.1, 0.15) is 11.8 Å². The van der Waals surface area contributed by atoms with Crippen molar-refractivity contribution in [1.29, 1.82) is 0 Å². The van der Waals surface area contributed by atoms with Crippen LogP contribution in [0.3, 0.4) is 0 Å². The zero-order valence-electron chi connectivity index (χ0n) is 16.6. The van der Waals surface area contributed by atoms with Crippen molar-refractivity contribution in [2.75, 3.05) is 7.11 Å². The second-order valence-electron chi connectivity index (χ2n) is 6.78. The first-order chi connectivity index (χ1) is 13.6. The molecular formula is C20H24BrN3O4S. The van der Waals surface area contributed by atoms with Crippen molar-refractivity contribution in [3.05, 3.63) is 58.1 Å². The Morgan fingerprint density at radius 1 is 1.17 bits per heavy atom. The van der Waals surface area contributed by atoms with Crippen molar-refractivity contribution in [2.24, 2.45) is 11.0 Å². The predicted octanol–water partition coefficient (Wildman–Crippen LogP) is 3.22. The Morgan fingerprint density at radius 2 is 1.83 bits per heavy atom. The lowest BCUT2D eigenvalue weighted by atomic mass is 10.1. The first-order valence-corrected chi connectivity index (χ1v) is 11.2. The third-order valence-corrected chi connectivity index (χ3v) is 6.20. The number of sulfonamides is 1. The monoisotopic (exact) mass is 481 g/mol. The van der Waals surface area contributed by atoms with E-state index in [1.807, 2.05) is 6.92 Å². The molecule has 2 aromatic rings. The average Bonchev–Trinajstić information content (AvgIpc) is 2.66. The molecule has 0 radical (unpaired) electrons. The van der Waals surface area contributed by atoms with Crippen molar-refractivity contribution in [3.63, 3.8) is 0 Å². The van der Waals surface area contributed by atoms with Crippen molar-refractivity contribution in [2.45, 2.75) is 31.7 Å². The lowest BCUT2D eigenvalue weighted by Gasteiger charge is -2.20. The van der Waals surface area contributed by atoms with Crippen molar-refractivity contribution < 1.29 is 17.9 Å². The second-order valence-corrected chi connectivity index (χ2v) is 9.35. The van der Waals surface area contributed by atoms with Crippen LogP contribution in [-0.2, 0) is 14.8 Å². The molecule has 0 bridgehead atoms. The molecule has 7 nitrogen and oxygen atoms in total. The molecular weight excluding hydrogens is 458 g/mol. The first kappa shape index (κ1) is 23.1. The molecule has 0 aliphatic carbocycles. The average molecular weight is 482 g/mol. The number of hydrogen-bond acceptors (Lipinski definition) is 5. The van der Waals surface area contributed by atoms with Crippen molar-refractivity contribution in [3.8, 4) is 5.75 Å². The Balaban J connectivity index is 2.09. The quantitative estimate of drug-likeness (QED) is 0.446. The number of hydrazone groups is 1. The molecule has 0 saturated carbocycles. The number of aryl methyl sites for hydroxylation is 1. The van der Waals surface area contributed by atoms with Crippen LogP contribution in [0.1, 0.15) is 25.0 Å². The minimum Gasteiger partial charge on any atom is -0.496 e. The molecule has 2 rings (SSSR count). The minimum absolute atomic E-state index is 0.105. The number of rotatable bonds is 8. The summed E-state index contributed by atoms with van der Waals surface area (Å²) in [7, 11) is -2.27. The van der Waals surface area contributed by atoms with E-state index in [9.17, 15) is 13.2 Å². The van der Waals surface area contributed by atoms with E-state index in [0.717, 1.165) is 15.6 Å². The Morgan fingerprint density at radius 3 is 2.38 bits per heavy atom. The van der Waals surface area contributed by atoms with Crippen LogP contribution in [0.5, 0.6) is 5.75 Å². The molecule has 2 aromatic carbocycles. The van der Waals surface area contributed by atoms with Gasteiger partial charge in [0.25, 0.3) is 5.91 Å². The smallest absolute Gasteiger partial charge is 0.258 e. The zero-order chi connectivity index (χ0) is 21.6. The third-order valence-electron chi connectivity index (χ3n) is 4.13. The maximum absolute atomic E-state index is 12.6. The molecule has 2 N–H and O–H groups in total. The number of nitrogens with zero attached hydrogens (tertiary/aromatic N) is 1. The van der Waals surface area contributed by atoms with Crippen LogP contribution in [0.2, 0.25) is 0 Å². The summed E-state index contributed by atoms with van der Waals surface area (Å²) in [5, 5.41) is 3.93. The summed E-state index contributed by atoms with van der Waals surface area (Å²) >= 11 is 3.38. The number of carbonyl (C=O) groups is 1. The summed E-state index contributed by atoms with van der Waals surface area (Å²) < 4.78 is 33.6. The fourth-order valence-corrected chi connectivity index (χ4v) is 4.35. The molecule has 156 valence electrons. The Hall–Kier alpha value is -2.23. The number of nitrogens with one attached hydrogen (secondary N) is 2. The van der Waals surface area contributed by atoms with Crippen molar-refractivity contribution >= 4 is 38.1 Å². The van der Waals surface area contributed by atoms with Gasteiger partial charge in [-0.25, -0.2) is 13.8 Å². The van der Waals surface area contributed by atoms with E-state index in [1.165, 1.54) is 18.3 Å². The summed E-state index contributed by atoms with van der Waals surface area (Å²) in [6.45, 7) is 5.38. The Bertz CT molecular complexity index is 989. The van der Waals surface area contributed by atoms with Crippen molar-refractivity contribution in [1.82, 2.24) is 10.1 Å². The molecule has 0 fully saturated rings. The number of ether oxygens (including phenoxy) is 1. The molecule has 9 heteroatoms. The maximum atomic E-state index is 12.6. The fraction of sp³-hybridized carbons (Fsp3) is 0.300. The number of halogens is 1. The van der Waals surface area contributed by atoms with E-state index < -0.39 is 22.0 Å². The summed E-state index contributed by atoms with van der Waals surface area (Å²) in [6.07, 6.45) is 1.47. The lowest BCUT2D eigenvalue weighted by molar-refractivity contribution is -0.123. The number of hydrogen-bond donors (Lipinski definition) is 2. The van der Waals surface area contributed by atoms with Crippen LogP contribution in [0, 0.1) is 12.8 Å². The first-order valence-electron chi connectivity index (χ1n) is 8.89. The Labute approximate surface area is 179 Å². The van der Waals surface area contributed by atoms with E-state index in [4.69, 9.17) is 4.74 Å². The van der Waals surface area contributed by atoms with Gasteiger partial charge in [0.2, 0.25) is 10.0 Å². The van der Waals surface area contributed by atoms with Gasteiger partial charge in [-0.3, -0.25) is 4.79 Å². The molecule has 0 heterocycles. The summed E-state index contributed by atoms with van der Waals surface area (Å²) in [6, 6.07) is 10.8. The van der Waals surface area contributed by atoms with Gasteiger partial charge in [0.05, 0.1) is 22.7 Å². The molecule has 1 atom stereocenters. The fourth-order valence-electron chi connectivity index (χ4n) is 2.45. The highest BCUT2D eigenvalue weighted by atomic mass is 79.9. The van der Waals surface area contributed by atoms with E-state index in [-0.39, 0.29) is 10.8 Å². The molecule has 0 unspecified atom stereocenters. The van der Waals surface area contributed by atoms with Gasteiger partial charge in [0.15, 0.2) is 0 Å². The lowest BCUT2D eigenvalue weighted by Crippen LogP contribution is -2.48. The number of carbonyl (C=O) groups excluding carboxylic acids is 1. The third kappa shape index (κ3) is 6.38. The van der Waals surface area contributed by atoms with Gasteiger partial charge in [-0.1, -0.05) is 31.5 Å². The number of amides is 1. The van der Waals surface area contributed by atoms with Crippen LogP contribution in [0.25, 0.3) is 0 Å². The van der Waals surface area contributed by atoms with Gasteiger partial charge < -0.3 is 4.74 Å². The van der Waals surface area contributed by atoms with E-state index in [0.29, 0.717) is 5.75 Å². The standard InChI is InChI=1S/C20H24BrN3O4S/c1-13(2)19(24-29(26,27)16-8-5-14(3)6-9-16)20(25)23-22-12-15-7-10-18(28-4)17(21)11-15/h5-13,19,24H,1-4H3,(H,23,25)/b22-12-/t19-/m0/s1. The maximum Gasteiger partial charge on any atom is 0.258 e. The number of benzene rings is 2. The molecule has 0 saturated heterocycles. The van der Waals surface area contributed by atoms with Crippen LogP contribution < -0.4 is 14.9 Å². The van der Waals surface area contributed by atoms with Gasteiger partial charge in [0, 0.05) is 0 Å². The second kappa shape index (κ2) is 10.00. The molecule has 0 spiro atoms. The summed E-state index contributed by atoms with van der Waals surface area (Å²) in [5.41, 5.74) is 4.08. The predicted molar refractivity (Wildman–Crippen MR) is 117 cm³/mol. The molecule has 0 aromatic heterocycles. The highest BCUT2D eigenvalue weighted by Gasteiger charge is 2.28. The van der Waals surface area contributed by atoms with Gasteiger partial charge in [-0.2, -0.15) is 9.82 Å². The van der Waals surface area contributed by atoms with Gasteiger partial charge >= 0.3 is 0 Å². The minimum atomic E-state index is -3.84.